The average Bonchev–Trinajstić information content (AvgIpc) is 2.33. The van der Waals surface area contributed by atoms with Gasteiger partial charge < -0.3 is 10.1 Å². The van der Waals surface area contributed by atoms with Crippen LogP contribution in [0.5, 0.6) is 6.01 Å². The largest absolute Gasteiger partial charge is 0.467 e. The number of nitrogen functional groups attached to an aromatic ring is 1. The Morgan fingerprint density at radius 3 is 2.50 bits per heavy atom. The first-order chi connectivity index (χ1) is 8.44. The molecule has 0 saturated carbocycles. The van der Waals surface area contributed by atoms with E-state index in [0.29, 0.717) is 13.0 Å². The van der Waals surface area contributed by atoms with Gasteiger partial charge in [-0.1, -0.05) is 0 Å². The van der Waals surface area contributed by atoms with Gasteiger partial charge in [0, 0.05) is 6.54 Å². The van der Waals surface area contributed by atoms with Crippen LogP contribution in [0.15, 0.2) is 0 Å². The number of rotatable bonds is 7. The molecular formula is C7H15N7O3S. The zero-order valence-electron chi connectivity index (χ0n) is 9.75. The van der Waals surface area contributed by atoms with Gasteiger partial charge in [-0.25, -0.2) is 19.4 Å². The number of hydrogen-bond acceptors (Lipinski definition) is 9. The second-order valence-electron chi connectivity index (χ2n) is 3.26. The van der Waals surface area contributed by atoms with Crippen molar-refractivity contribution in [1.82, 2.24) is 15.0 Å². The van der Waals surface area contributed by atoms with Crippen molar-refractivity contribution in [3.8, 4) is 6.01 Å². The highest BCUT2D eigenvalue weighted by molar-refractivity contribution is 7.89. The van der Waals surface area contributed by atoms with Gasteiger partial charge in [0.1, 0.15) is 0 Å². The van der Waals surface area contributed by atoms with Crippen LogP contribution in [0.4, 0.5) is 11.9 Å². The third-order valence-electron chi connectivity index (χ3n) is 1.82. The molecule has 0 saturated heterocycles. The number of nitrogens with two attached hydrogens (primary N) is 2. The van der Waals surface area contributed by atoms with Gasteiger partial charge in [-0.15, -0.1) is 0 Å². The van der Waals surface area contributed by atoms with E-state index in [1.165, 1.54) is 7.11 Å². The zero-order valence-corrected chi connectivity index (χ0v) is 10.6. The summed E-state index contributed by atoms with van der Waals surface area (Å²) in [6, 6.07) is 0.0897. The molecule has 0 fully saturated rings. The Kier molecular flexibility index (Phi) is 5.00. The standard InChI is InChI=1S/C7H15N7O3S/c1-17-7-12-5(11-6(13-7)14-8)10-3-2-4-18(9,15)16/h2-4,8H2,1H3,(H2,9,15,16)(H2,10,11,12,13,14). The molecule has 0 bridgehead atoms. The first-order valence-corrected chi connectivity index (χ1v) is 6.67. The van der Waals surface area contributed by atoms with Gasteiger partial charge in [0.05, 0.1) is 12.9 Å². The maximum atomic E-state index is 10.7. The summed E-state index contributed by atoms with van der Waals surface area (Å²) in [6.07, 6.45) is 0.332. The number of anilines is 2. The lowest BCUT2D eigenvalue weighted by Crippen LogP contribution is -2.19. The molecule has 18 heavy (non-hydrogen) atoms. The van der Waals surface area contributed by atoms with Gasteiger partial charge in [-0.05, 0) is 6.42 Å². The number of ether oxygens (including phenoxy) is 1. The van der Waals surface area contributed by atoms with Gasteiger partial charge in [-0.2, -0.15) is 15.0 Å². The van der Waals surface area contributed by atoms with Crippen LogP contribution in [0.2, 0.25) is 0 Å². The quantitative estimate of drug-likeness (QED) is 0.258. The Bertz CT molecular complexity index is 470. The van der Waals surface area contributed by atoms with Crippen LogP contribution in [0.1, 0.15) is 6.42 Å². The van der Waals surface area contributed by atoms with Crippen LogP contribution < -0.4 is 26.5 Å². The van der Waals surface area contributed by atoms with Gasteiger partial charge in [0.2, 0.25) is 21.9 Å². The second-order valence-corrected chi connectivity index (χ2v) is 4.99. The topological polar surface area (TPSA) is 158 Å². The van der Waals surface area contributed by atoms with E-state index in [2.05, 4.69) is 25.7 Å². The summed E-state index contributed by atoms with van der Waals surface area (Å²) in [5.74, 6) is 5.41. The van der Waals surface area contributed by atoms with Crippen LogP contribution in [-0.2, 0) is 10.0 Å². The Morgan fingerprint density at radius 2 is 1.94 bits per heavy atom. The predicted octanol–water partition coefficient (Wildman–Crippen LogP) is -1.74. The number of nitrogens with one attached hydrogen (secondary N) is 2. The SMILES string of the molecule is COc1nc(NN)nc(NCCCS(N)(=O)=O)n1. The summed E-state index contributed by atoms with van der Waals surface area (Å²) in [6.45, 7) is 0.341. The number of nitrogens with zero attached hydrogens (tertiary/aromatic N) is 3. The normalized spacial score (nSPS) is 11.1. The minimum atomic E-state index is -3.45. The first-order valence-electron chi connectivity index (χ1n) is 4.95. The molecule has 1 aromatic heterocycles. The predicted molar refractivity (Wildman–Crippen MR) is 65.3 cm³/mol. The van der Waals surface area contributed by atoms with Crippen molar-refractivity contribution in [2.45, 2.75) is 6.42 Å². The zero-order chi connectivity index (χ0) is 13.6. The van der Waals surface area contributed by atoms with Crippen molar-refractivity contribution in [3.63, 3.8) is 0 Å². The summed E-state index contributed by atoms with van der Waals surface area (Å²) in [7, 11) is -2.05. The monoisotopic (exact) mass is 277 g/mol. The van der Waals surface area contributed by atoms with E-state index in [4.69, 9.17) is 15.7 Å². The summed E-state index contributed by atoms with van der Waals surface area (Å²) in [5.41, 5.74) is 2.26. The molecule has 0 aromatic carbocycles. The number of hydrazine groups is 1. The van der Waals surface area contributed by atoms with Crippen molar-refractivity contribution in [2.75, 3.05) is 30.1 Å². The fourth-order valence-electron chi connectivity index (χ4n) is 1.06. The molecule has 0 aliphatic rings. The summed E-state index contributed by atoms with van der Waals surface area (Å²) in [5, 5.41) is 7.67. The third-order valence-corrected chi connectivity index (χ3v) is 2.67. The molecule has 6 N–H and O–H groups in total. The Morgan fingerprint density at radius 1 is 1.28 bits per heavy atom. The summed E-state index contributed by atoms with van der Waals surface area (Å²) < 4.78 is 26.3. The molecule has 10 nitrogen and oxygen atoms in total. The van der Waals surface area contributed by atoms with E-state index in [-0.39, 0.29) is 23.7 Å². The lowest BCUT2D eigenvalue weighted by Gasteiger charge is -2.07. The number of sulfonamides is 1. The van der Waals surface area contributed by atoms with Gasteiger partial charge >= 0.3 is 6.01 Å². The first kappa shape index (κ1) is 14.3. The molecule has 0 spiro atoms. The highest BCUT2D eigenvalue weighted by atomic mass is 32.2. The number of primary sulfonamides is 1. The van der Waals surface area contributed by atoms with Crippen LogP contribution in [0, 0.1) is 0 Å². The molecule has 102 valence electrons. The molecular weight excluding hydrogens is 262 g/mol. The van der Waals surface area contributed by atoms with Crippen molar-refractivity contribution < 1.29 is 13.2 Å². The number of hydrogen-bond donors (Lipinski definition) is 4. The highest BCUT2D eigenvalue weighted by Gasteiger charge is 2.06. The Balaban J connectivity index is 2.56. The Labute approximate surface area is 104 Å². The summed E-state index contributed by atoms with van der Waals surface area (Å²) >= 11 is 0. The second kappa shape index (κ2) is 6.28. The van der Waals surface area contributed by atoms with Crippen LogP contribution >= 0.6 is 0 Å². The van der Waals surface area contributed by atoms with E-state index in [9.17, 15) is 8.42 Å². The minimum absolute atomic E-state index is 0.0897. The van der Waals surface area contributed by atoms with Gasteiger partial charge in [-0.3, -0.25) is 5.43 Å². The molecule has 1 aromatic rings. The molecule has 0 radical (unpaired) electrons. The fourth-order valence-corrected chi connectivity index (χ4v) is 1.61. The maximum Gasteiger partial charge on any atom is 0.322 e. The number of aromatic nitrogens is 3. The van der Waals surface area contributed by atoms with Crippen LogP contribution in [-0.4, -0.2) is 42.8 Å². The van der Waals surface area contributed by atoms with Crippen molar-refractivity contribution in [1.29, 1.82) is 0 Å². The lowest BCUT2D eigenvalue weighted by atomic mass is 10.5. The van der Waals surface area contributed by atoms with E-state index in [0.717, 1.165) is 0 Å². The smallest absolute Gasteiger partial charge is 0.322 e. The molecule has 1 heterocycles. The minimum Gasteiger partial charge on any atom is -0.467 e. The third kappa shape index (κ3) is 5.07. The van der Waals surface area contributed by atoms with E-state index >= 15 is 0 Å². The molecule has 1 rings (SSSR count). The van der Waals surface area contributed by atoms with Crippen molar-refractivity contribution in [2.24, 2.45) is 11.0 Å². The number of methoxy groups -OCH3 is 1. The van der Waals surface area contributed by atoms with E-state index in [1.54, 1.807) is 0 Å². The molecule has 0 amide bonds. The Hall–Kier alpha value is -1.72. The van der Waals surface area contributed by atoms with Gasteiger partial charge in [0.25, 0.3) is 0 Å². The molecule has 0 unspecified atom stereocenters. The summed E-state index contributed by atoms with van der Waals surface area (Å²) in [4.78, 5) is 11.6. The average molecular weight is 277 g/mol. The van der Waals surface area contributed by atoms with Crippen LogP contribution in [0.25, 0.3) is 0 Å². The molecule has 11 heteroatoms. The highest BCUT2D eigenvalue weighted by Crippen LogP contribution is 2.09. The molecule has 0 atom stereocenters. The van der Waals surface area contributed by atoms with Crippen LogP contribution in [0.3, 0.4) is 0 Å². The molecule has 0 aliphatic heterocycles. The van der Waals surface area contributed by atoms with Crippen molar-refractivity contribution >= 4 is 21.9 Å². The maximum absolute atomic E-state index is 10.7. The fraction of sp³-hybridized carbons (Fsp3) is 0.571. The van der Waals surface area contributed by atoms with E-state index < -0.39 is 10.0 Å². The van der Waals surface area contributed by atoms with Gasteiger partial charge in [0.15, 0.2) is 0 Å². The lowest BCUT2D eigenvalue weighted by molar-refractivity contribution is 0.379. The van der Waals surface area contributed by atoms with E-state index in [1.807, 2.05) is 0 Å². The van der Waals surface area contributed by atoms with Crippen molar-refractivity contribution in [3.05, 3.63) is 0 Å². The molecule has 0 aliphatic carbocycles.